The van der Waals surface area contributed by atoms with Gasteiger partial charge in [0.15, 0.2) is 5.70 Å². The Morgan fingerprint density at radius 3 is 2.62 bits per heavy atom. The normalized spacial score (nSPS) is 11.8. The van der Waals surface area contributed by atoms with E-state index in [-0.39, 0.29) is 5.70 Å². The summed E-state index contributed by atoms with van der Waals surface area (Å²) in [6, 6.07) is 14.6. The Labute approximate surface area is 128 Å². The van der Waals surface area contributed by atoms with Gasteiger partial charge in [-0.1, -0.05) is 51.5 Å². The monoisotopic (exact) mass is 343 g/mol. The second-order valence-electron chi connectivity index (χ2n) is 4.35. The summed E-state index contributed by atoms with van der Waals surface area (Å²) in [6.07, 6.45) is 1.56. The zero-order chi connectivity index (χ0) is 14.8. The lowest BCUT2D eigenvalue weighted by Crippen LogP contribution is -2.09. The van der Waals surface area contributed by atoms with Crippen LogP contribution in [0, 0.1) is 0 Å². The second-order valence-corrected chi connectivity index (χ2v) is 5.20. The van der Waals surface area contributed by atoms with Crippen molar-refractivity contribution in [2.24, 2.45) is 0 Å². The largest absolute Gasteiger partial charge is 0.477 e. The molecule has 1 N–H and O–H groups in total. The first-order chi connectivity index (χ1) is 10.2. The highest BCUT2D eigenvalue weighted by molar-refractivity contribution is 9.10. The summed E-state index contributed by atoms with van der Waals surface area (Å²) in [4.78, 5) is 11.6. The zero-order valence-electron chi connectivity index (χ0n) is 10.8. The van der Waals surface area contributed by atoms with E-state index < -0.39 is 5.97 Å². The fraction of sp³-hybridized carbons (Fsp3) is 0. The lowest BCUT2D eigenvalue weighted by Gasteiger charge is -2.04. The molecule has 0 saturated carbocycles. The number of benzene rings is 2. The lowest BCUT2D eigenvalue weighted by molar-refractivity contribution is -0.130. The van der Waals surface area contributed by atoms with Crippen LogP contribution in [0.2, 0.25) is 0 Å². The van der Waals surface area contributed by atoms with Gasteiger partial charge in [0.05, 0.1) is 5.52 Å². The third kappa shape index (κ3) is 2.57. The van der Waals surface area contributed by atoms with Crippen molar-refractivity contribution in [3.63, 3.8) is 0 Å². The molecular formula is C15H10BrN3O2. The van der Waals surface area contributed by atoms with Crippen LogP contribution in [0.25, 0.3) is 22.8 Å². The number of hydrogen-bond acceptors (Lipinski definition) is 3. The molecule has 21 heavy (non-hydrogen) atoms. The quantitative estimate of drug-likeness (QED) is 0.741. The van der Waals surface area contributed by atoms with E-state index in [1.165, 1.54) is 4.68 Å². The third-order valence-corrected chi connectivity index (χ3v) is 3.72. The molecule has 5 nitrogen and oxygen atoms in total. The van der Waals surface area contributed by atoms with Gasteiger partial charge in [0.2, 0.25) is 0 Å². The predicted molar refractivity (Wildman–Crippen MR) is 83.5 cm³/mol. The first kappa shape index (κ1) is 13.5. The van der Waals surface area contributed by atoms with Gasteiger partial charge >= 0.3 is 5.97 Å². The van der Waals surface area contributed by atoms with Crippen molar-refractivity contribution in [1.29, 1.82) is 0 Å². The highest BCUT2D eigenvalue weighted by Crippen LogP contribution is 2.22. The summed E-state index contributed by atoms with van der Waals surface area (Å²) in [6.45, 7) is 0. The number of fused-ring (bicyclic) bond motifs is 1. The Kier molecular flexibility index (Phi) is 3.53. The fourth-order valence-electron chi connectivity index (χ4n) is 2.00. The second kappa shape index (κ2) is 5.49. The van der Waals surface area contributed by atoms with Gasteiger partial charge in [-0.25, -0.2) is 9.48 Å². The lowest BCUT2D eigenvalue weighted by atomic mass is 10.2. The summed E-state index contributed by atoms with van der Waals surface area (Å²) in [5, 5.41) is 17.4. The van der Waals surface area contributed by atoms with Gasteiger partial charge in [-0.05, 0) is 29.8 Å². The first-order valence-electron chi connectivity index (χ1n) is 6.17. The van der Waals surface area contributed by atoms with Crippen molar-refractivity contribution in [3.8, 4) is 0 Å². The summed E-state index contributed by atoms with van der Waals surface area (Å²) in [5.41, 5.74) is 2.10. The summed E-state index contributed by atoms with van der Waals surface area (Å²) >= 11 is 3.40. The Morgan fingerprint density at radius 1 is 1.14 bits per heavy atom. The molecule has 2 aromatic carbocycles. The number of carbonyl (C=O) groups is 1. The molecule has 1 heterocycles. The number of halogens is 1. The number of para-hydroxylation sites is 1. The highest BCUT2D eigenvalue weighted by atomic mass is 79.9. The number of carboxylic acids is 1. The van der Waals surface area contributed by atoms with Crippen LogP contribution in [0.3, 0.4) is 0 Å². The minimum absolute atomic E-state index is 0.0376. The van der Waals surface area contributed by atoms with Crippen molar-refractivity contribution >= 4 is 44.7 Å². The van der Waals surface area contributed by atoms with Crippen LogP contribution in [0.5, 0.6) is 0 Å². The van der Waals surface area contributed by atoms with E-state index >= 15 is 0 Å². The maximum absolute atomic E-state index is 11.6. The van der Waals surface area contributed by atoms with Gasteiger partial charge in [-0.2, -0.15) is 0 Å². The maximum atomic E-state index is 11.6. The van der Waals surface area contributed by atoms with Crippen molar-refractivity contribution in [2.75, 3.05) is 0 Å². The minimum atomic E-state index is -1.07. The van der Waals surface area contributed by atoms with Crippen molar-refractivity contribution < 1.29 is 9.90 Å². The van der Waals surface area contributed by atoms with Crippen LogP contribution >= 0.6 is 15.9 Å². The molecule has 104 valence electrons. The van der Waals surface area contributed by atoms with Crippen LogP contribution in [0.4, 0.5) is 0 Å². The summed E-state index contributed by atoms with van der Waals surface area (Å²) in [7, 11) is 0. The van der Waals surface area contributed by atoms with E-state index in [1.54, 1.807) is 18.2 Å². The van der Waals surface area contributed by atoms with E-state index in [1.807, 2.05) is 36.4 Å². The Morgan fingerprint density at radius 2 is 1.86 bits per heavy atom. The van der Waals surface area contributed by atoms with Gasteiger partial charge in [0.25, 0.3) is 0 Å². The van der Waals surface area contributed by atoms with E-state index in [2.05, 4.69) is 26.2 Å². The van der Waals surface area contributed by atoms with E-state index in [0.717, 1.165) is 10.0 Å². The molecule has 0 bridgehead atoms. The molecule has 3 aromatic rings. The fourth-order valence-corrected chi connectivity index (χ4v) is 2.40. The molecule has 0 saturated heterocycles. The zero-order valence-corrected chi connectivity index (χ0v) is 12.4. The van der Waals surface area contributed by atoms with E-state index in [4.69, 9.17) is 0 Å². The van der Waals surface area contributed by atoms with Crippen LogP contribution in [-0.4, -0.2) is 26.1 Å². The van der Waals surface area contributed by atoms with Crippen molar-refractivity contribution in [2.45, 2.75) is 0 Å². The molecule has 0 fully saturated rings. The molecular weight excluding hydrogens is 334 g/mol. The van der Waals surface area contributed by atoms with Gasteiger partial charge in [0, 0.05) is 4.47 Å². The van der Waals surface area contributed by atoms with Crippen LogP contribution in [0.1, 0.15) is 5.56 Å². The molecule has 3 rings (SSSR count). The minimum Gasteiger partial charge on any atom is -0.477 e. The molecule has 0 radical (unpaired) electrons. The molecule has 0 atom stereocenters. The molecule has 0 amide bonds. The number of nitrogens with zero attached hydrogens (tertiary/aromatic N) is 3. The van der Waals surface area contributed by atoms with Crippen molar-refractivity contribution in [1.82, 2.24) is 15.0 Å². The Balaban J connectivity index is 2.19. The molecule has 0 aliphatic heterocycles. The van der Waals surface area contributed by atoms with Crippen LogP contribution in [0.15, 0.2) is 53.0 Å². The Bertz CT molecular complexity index is 855. The summed E-state index contributed by atoms with van der Waals surface area (Å²) in [5.74, 6) is -1.07. The molecule has 1 aromatic heterocycles. The van der Waals surface area contributed by atoms with Gasteiger partial charge in [-0.15, -0.1) is 5.10 Å². The molecule has 0 unspecified atom stereocenters. The molecule has 6 heteroatoms. The number of aliphatic carboxylic acids is 1. The third-order valence-electron chi connectivity index (χ3n) is 3.00. The average molecular weight is 344 g/mol. The smallest absolute Gasteiger partial charge is 0.354 e. The predicted octanol–water partition coefficient (Wildman–Crippen LogP) is 3.28. The van der Waals surface area contributed by atoms with Gasteiger partial charge in [-0.3, -0.25) is 0 Å². The van der Waals surface area contributed by atoms with E-state index in [9.17, 15) is 9.90 Å². The molecule has 0 aliphatic rings. The molecule has 0 spiro atoms. The first-order valence-corrected chi connectivity index (χ1v) is 6.96. The van der Waals surface area contributed by atoms with E-state index in [0.29, 0.717) is 11.0 Å². The van der Waals surface area contributed by atoms with Gasteiger partial charge in [0.1, 0.15) is 5.52 Å². The summed E-state index contributed by atoms with van der Waals surface area (Å²) < 4.78 is 2.14. The maximum Gasteiger partial charge on any atom is 0.354 e. The average Bonchev–Trinajstić information content (AvgIpc) is 2.90. The number of hydrogen-bond donors (Lipinski definition) is 1. The number of carboxylic acid groups (broad SMARTS) is 1. The van der Waals surface area contributed by atoms with Crippen LogP contribution < -0.4 is 0 Å². The topological polar surface area (TPSA) is 68.0 Å². The highest BCUT2D eigenvalue weighted by Gasteiger charge is 2.15. The number of aromatic nitrogens is 3. The van der Waals surface area contributed by atoms with Crippen LogP contribution in [-0.2, 0) is 4.79 Å². The SMILES string of the molecule is O=C(O)/C(=C\c1ccccc1Br)n1nnc2ccccc21. The van der Waals surface area contributed by atoms with Gasteiger partial charge < -0.3 is 5.11 Å². The van der Waals surface area contributed by atoms with Crippen molar-refractivity contribution in [3.05, 3.63) is 58.6 Å². The molecule has 0 aliphatic carbocycles. The number of rotatable bonds is 3. The standard InChI is InChI=1S/C15H10BrN3O2/c16-11-6-2-1-5-10(11)9-14(15(20)21)19-13-8-4-3-7-12(13)17-18-19/h1-9H,(H,20,21)/b14-9+. The Hall–Kier alpha value is -2.47.